The first-order valence-electron chi connectivity index (χ1n) is 3.43. The minimum Gasteiger partial charge on any atom is -0.382 e. The summed E-state index contributed by atoms with van der Waals surface area (Å²) in [6, 6.07) is 0. The number of rotatable bonds is 6. The summed E-state index contributed by atoms with van der Waals surface area (Å²) in [5, 5.41) is 0.743. The van der Waals surface area contributed by atoms with Crippen molar-refractivity contribution < 1.29 is 9.47 Å². The summed E-state index contributed by atoms with van der Waals surface area (Å²) in [6.07, 6.45) is 0. The van der Waals surface area contributed by atoms with Crippen molar-refractivity contribution in [3.8, 4) is 0 Å². The van der Waals surface area contributed by atoms with Crippen molar-refractivity contribution >= 4 is 27.5 Å². The molecule has 68 valence electrons. The fourth-order valence-corrected chi connectivity index (χ4v) is 1.24. The Labute approximate surface area is 81.3 Å². The van der Waals surface area contributed by atoms with Crippen molar-refractivity contribution in [2.45, 2.75) is 12.5 Å². The van der Waals surface area contributed by atoms with Crippen molar-refractivity contribution in [1.29, 1.82) is 0 Å². The van der Waals surface area contributed by atoms with Crippen LogP contribution in [0.25, 0.3) is 0 Å². The molecule has 0 saturated heterocycles. The maximum atomic E-state index is 5.69. The van der Waals surface area contributed by atoms with Crippen LogP contribution in [0.5, 0.6) is 0 Å². The van der Waals surface area contributed by atoms with Gasteiger partial charge in [-0.1, -0.05) is 15.9 Å². The molecule has 0 fully saturated rings. The van der Waals surface area contributed by atoms with E-state index in [1.54, 1.807) is 7.11 Å². The van der Waals surface area contributed by atoms with Gasteiger partial charge in [-0.25, -0.2) is 0 Å². The largest absolute Gasteiger partial charge is 0.382 e. The van der Waals surface area contributed by atoms with E-state index in [0.717, 1.165) is 5.33 Å². The zero-order valence-electron chi connectivity index (χ0n) is 6.90. The Morgan fingerprint density at radius 2 is 2.09 bits per heavy atom. The summed E-state index contributed by atoms with van der Waals surface area (Å²) in [6.45, 7) is 3.16. The van der Waals surface area contributed by atoms with Gasteiger partial charge < -0.3 is 9.47 Å². The monoisotopic (exact) mass is 244 g/mol. The van der Waals surface area contributed by atoms with Crippen LogP contribution in [0, 0.1) is 0 Å². The van der Waals surface area contributed by atoms with Gasteiger partial charge in [0, 0.05) is 12.4 Å². The number of ether oxygens (including phenoxy) is 2. The van der Waals surface area contributed by atoms with Gasteiger partial charge in [-0.05, 0) is 6.92 Å². The van der Waals surface area contributed by atoms with E-state index < -0.39 is 0 Å². The highest BCUT2D eigenvalue weighted by atomic mass is 79.9. The third kappa shape index (κ3) is 5.01. The molecular weight excluding hydrogens is 231 g/mol. The van der Waals surface area contributed by atoms with Crippen LogP contribution < -0.4 is 0 Å². The molecule has 1 atom stereocenters. The van der Waals surface area contributed by atoms with Crippen LogP contribution in [0.1, 0.15) is 6.92 Å². The first kappa shape index (κ1) is 11.7. The minimum absolute atomic E-state index is 0.264. The van der Waals surface area contributed by atoms with Crippen LogP contribution >= 0.6 is 27.5 Å². The zero-order chi connectivity index (χ0) is 8.74. The van der Waals surface area contributed by atoms with Crippen molar-refractivity contribution in [2.24, 2.45) is 0 Å². The van der Waals surface area contributed by atoms with Crippen LogP contribution in [-0.2, 0) is 9.47 Å². The van der Waals surface area contributed by atoms with Gasteiger partial charge in [-0.2, -0.15) is 0 Å². The molecule has 0 aromatic rings. The van der Waals surface area contributed by atoms with Crippen molar-refractivity contribution in [3.63, 3.8) is 0 Å². The Bertz CT molecular complexity index is 96.4. The molecule has 0 aromatic heterocycles. The molecule has 2 nitrogen and oxygen atoms in total. The lowest BCUT2D eigenvalue weighted by atomic mass is 10.2. The van der Waals surface area contributed by atoms with Crippen LogP contribution in [0.4, 0.5) is 0 Å². The molecule has 11 heavy (non-hydrogen) atoms. The average molecular weight is 246 g/mol. The quantitative estimate of drug-likeness (QED) is 0.527. The Hall–Kier alpha value is 0.690. The normalized spacial score (nSPS) is 16.4. The smallest absolute Gasteiger partial charge is 0.0886 e. The summed E-state index contributed by atoms with van der Waals surface area (Å²) < 4.78 is 10.3. The fraction of sp³-hybridized carbons (Fsp3) is 1.00. The van der Waals surface area contributed by atoms with E-state index in [2.05, 4.69) is 15.9 Å². The van der Waals surface area contributed by atoms with E-state index >= 15 is 0 Å². The van der Waals surface area contributed by atoms with Gasteiger partial charge in [0.05, 0.1) is 24.7 Å². The highest BCUT2D eigenvalue weighted by Crippen LogP contribution is 2.15. The number of methoxy groups -OCH3 is 1. The van der Waals surface area contributed by atoms with Crippen molar-refractivity contribution in [1.82, 2.24) is 0 Å². The Morgan fingerprint density at radius 3 is 2.45 bits per heavy atom. The van der Waals surface area contributed by atoms with Gasteiger partial charge in [0.1, 0.15) is 0 Å². The lowest BCUT2D eigenvalue weighted by Gasteiger charge is -2.24. The molecule has 0 aromatic carbocycles. The number of halogens is 2. The third-order valence-corrected chi connectivity index (χ3v) is 3.05. The van der Waals surface area contributed by atoms with E-state index in [0.29, 0.717) is 19.1 Å². The highest BCUT2D eigenvalue weighted by molar-refractivity contribution is 9.09. The molecule has 0 aliphatic carbocycles. The molecule has 0 radical (unpaired) electrons. The summed E-state index contributed by atoms with van der Waals surface area (Å²) in [4.78, 5) is 0. The van der Waals surface area contributed by atoms with Crippen LogP contribution in [-0.4, -0.2) is 37.1 Å². The van der Waals surface area contributed by atoms with Gasteiger partial charge in [-0.3, -0.25) is 0 Å². The lowest BCUT2D eigenvalue weighted by molar-refractivity contribution is -0.0210. The molecular formula is C7H14BrClO2. The average Bonchev–Trinajstić information content (AvgIpc) is 2.05. The minimum atomic E-state index is -0.264. The predicted octanol–water partition coefficient (Wildman–Crippen LogP) is 2.04. The number of hydrogen-bond donors (Lipinski definition) is 0. The second-order valence-electron chi connectivity index (χ2n) is 2.56. The Morgan fingerprint density at radius 1 is 1.45 bits per heavy atom. The molecule has 0 rings (SSSR count). The molecule has 0 spiro atoms. The summed E-state index contributed by atoms with van der Waals surface area (Å²) in [5.41, 5.74) is -0.264. The molecule has 4 heteroatoms. The van der Waals surface area contributed by atoms with Gasteiger partial charge >= 0.3 is 0 Å². The summed E-state index contributed by atoms with van der Waals surface area (Å²) in [5.74, 6) is 0.488. The first-order chi connectivity index (χ1) is 5.18. The molecule has 1 unspecified atom stereocenters. The van der Waals surface area contributed by atoms with E-state index in [1.807, 2.05) is 6.92 Å². The van der Waals surface area contributed by atoms with Gasteiger partial charge in [0.25, 0.3) is 0 Å². The van der Waals surface area contributed by atoms with Crippen LogP contribution in [0.15, 0.2) is 0 Å². The van der Waals surface area contributed by atoms with Gasteiger partial charge in [0.2, 0.25) is 0 Å². The third-order valence-electron chi connectivity index (χ3n) is 1.30. The Balaban J connectivity index is 3.51. The fourth-order valence-electron chi connectivity index (χ4n) is 0.484. The molecule has 0 aliphatic rings. The number of alkyl halides is 2. The molecule has 0 heterocycles. The van der Waals surface area contributed by atoms with Gasteiger partial charge in [-0.15, -0.1) is 11.6 Å². The maximum absolute atomic E-state index is 5.69. The molecule has 0 saturated carbocycles. The van der Waals surface area contributed by atoms with Crippen LogP contribution in [0.2, 0.25) is 0 Å². The predicted molar refractivity (Wildman–Crippen MR) is 50.7 cm³/mol. The summed E-state index contributed by atoms with van der Waals surface area (Å²) >= 11 is 9.03. The maximum Gasteiger partial charge on any atom is 0.0886 e. The van der Waals surface area contributed by atoms with E-state index in [1.165, 1.54) is 0 Å². The second kappa shape index (κ2) is 6.23. The standard InChI is InChI=1S/C7H14BrClO2/c1-7(5-8,6-9)11-4-3-10-2/h3-6H2,1-2H3. The molecule has 0 N–H and O–H groups in total. The van der Waals surface area contributed by atoms with E-state index in [9.17, 15) is 0 Å². The SMILES string of the molecule is COCCOC(C)(CCl)CBr. The topological polar surface area (TPSA) is 18.5 Å². The Kier molecular flexibility index (Phi) is 6.62. The van der Waals surface area contributed by atoms with Crippen molar-refractivity contribution in [2.75, 3.05) is 31.5 Å². The van der Waals surface area contributed by atoms with Gasteiger partial charge in [0.15, 0.2) is 0 Å². The molecule has 0 bridgehead atoms. The van der Waals surface area contributed by atoms with Crippen LogP contribution in [0.3, 0.4) is 0 Å². The van der Waals surface area contributed by atoms with E-state index in [4.69, 9.17) is 21.1 Å². The summed E-state index contributed by atoms with van der Waals surface area (Å²) in [7, 11) is 1.65. The number of hydrogen-bond acceptors (Lipinski definition) is 2. The molecule has 0 aliphatic heterocycles. The second-order valence-corrected chi connectivity index (χ2v) is 3.39. The van der Waals surface area contributed by atoms with Crippen molar-refractivity contribution in [3.05, 3.63) is 0 Å². The first-order valence-corrected chi connectivity index (χ1v) is 5.09. The lowest BCUT2D eigenvalue weighted by Crippen LogP contribution is -2.34. The van der Waals surface area contributed by atoms with E-state index in [-0.39, 0.29) is 5.60 Å². The highest BCUT2D eigenvalue weighted by Gasteiger charge is 2.21. The zero-order valence-corrected chi connectivity index (χ0v) is 9.24. The molecule has 0 amide bonds.